The molecule has 0 spiro atoms. The van der Waals surface area contributed by atoms with Crippen LogP contribution in [-0.4, -0.2) is 65.4 Å². The van der Waals surface area contributed by atoms with Crippen molar-refractivity contribution < 1.29 is 28.5 Å². The predicted octanol–water partition coefficient (Wildman–Crippen LogP) is 3.22. The number of methoxy groups -OCH3 is 2. The fourth-order valence-corrected chi connectivity index (χ4v) is 3.42. The number of carbonyl (C=O) groups is 2. The molecule has 0 N–H and O–H groups in total. The number of carbonyl (C=O) groups excluding carboxylic acids is 2. The van der Waals surface area contributed by atoms with E-state index in [1.807, 2.05) is 0 Å². The van der Waals surface area contributed by atoms with Gasteiger partial charge in [-0.15, -0.1) is 0 Å². The van der Waals surface area contributed by atoms with Crippen LogP contribution in [-0.2, 0) is 14.3 Å². The van der Waals surface area contributed by atoms with Gasteiger partial charge in [0.05, 0.1) is 26.3 Å². The summed E-state index contributed by atoms with van der Waals surface area (Å²) >= 11 is 6.17. The van der Waals surface area contributed by atoms with E-state index in [-0.39, 0.29) is 18.1 Å². The lowest BCUT2D eigenvalue weighted by atomic mass is 10.2. The monoisotopic (exact) mass is 437 g/mol. The molecule has 0 saturated carbocycles. The van der Waals surface area contributed by atoms with Gasteiger partial charge in [-0.3, -0.25) is 4.90 Å². The van der Waals surface area contributed by atoms with Gasteiger partial charge in [-0.25, -0.2) is 19.6 Å². The molecule has 0 unspecified atom stereocenters. The molecule has 0 bridgehead atoms. The number of amides is 1. The first-order valence-corrected chi connectivity index (χ1v) is 9.73. The van der Waals surface area contributed by atoms with Gasteiger partial charge < -0.3 is 18.9 Å². The lowest BCUT2D eigenvalue weighted by Crippen LogP contribution is -2.44. The summed E-state index contributed by atoms with van der Waals surface area (Å²) in [6.07, 6.45) is 0.509. The zero-order valence-electron chi connectivity index (χ0n) is 17.5. The molecule has 1 amide bonds. The van der Waals surface area contributed by atoms with Crippen molar-refractivity contribution >= 4 is 34.6 Å². The summed E-state index contributed by atoms with van der Waals surface area (Å²) in [7, 11) is 2.79. The second-order valence-corrected chi connectivity index (χ2v) is 8.19. The van der Waals surface area contributed by atoms with Crippen LogP contribution in [0.5, 0.6) is 11.5 Å². The van der Waals surface area contributed by atoms with E-state index in [1.54, 1.807) is 32.9 Å². The summed E-state index contributed by atoms with van der Waals surface area (Å²) in [5, 5.41) is 0.878. The highest BCUT2D eigenvalue weighted by molar-refractivity contribution is 6.34. The first-order valence-electron chi connectivity index (χ1n) is 9.35. The van der Waals surface area contributed by atoms with E-state index in [1.165, 1.54) is 25.4 Å². The molecule has 0 aliphatic carbocycles. The summed E-state index contributed by atoms with van der Waals surface area (Å²) < 4.78 is 21.8. The second-order valence-electron chi connectivity index (χ2n) is 7.83. The third-order valence-corrected chi connectivity index (χ3v) is 4.83. The molecule has 2 aromatic rings. The zero-order chi connectivity index (χ0) is 22.1. The smallest absolute Gasteiger partial charge is 0.411 e. The third kappa shape index (κ3) is 4.67. The minimum atomic E-state index is -0.812. The van der Waals surface area contributed by atoms with E-state index in [0.29, 0.717) is 22.4 Å². The van der Waals surface area contributed by atoms with Gasteiger partial charge in [0.25, 0.3) is 0 Å². The Bertz CT molecular complexity index is 961. The molecule has 1 aromatic carbocycles. The van der Waals surface area contributed by atoms with Crippen molar-refractivity contribution in [2.45, 2.75) is 44.9 Å². The fraction of sp³-hybridized carbons (Fsp3) is 0.500. The van der Waals surface area contributed by atoms with E-state index in [4.69, 9.17) is 30.5 Å². The number of hydrogen-bond donors (Lipinski definition) is 0. The van der Waals surface area contributed by atoms with Gasteiger partial charge in [-0.2, -0.15) is 0 Å². The van der Waals surface area contributed by atoms with Crippen LogP contribution in [0.3, 0.4) is 0 Å². The zero-order valence-corrected chi connectivity index (χ0v) is 18.2. The van der Waals surface area contributed by atoms with Crippen molar-refractivity contribution in [2.24, 2.45) is 0 Å². The molecule has 0 radical (unpaired) electrons. The number of aromatic nitrogens is 2. The number of benzene rings is 1. The van der Waals surface area contributed by atoms with Crippen LogP contribution in [0.1, 0.15) is 27.2 Å². The number of likely N-dealkylation sites (tertiary alicyclic amines) is 1. The Balaban J connectivity index is 1.87. The normalized spacial score (nSPS) is 18.9. The number of esters is 1. The average molecular weight is 438 g/mol. The molecule has 1 aromatic heterocycles. The molecule has 10 heteroatoms. The van der Waals surface area contributed by atoms with Gasteiger partial charge in [0.15, 0.2) is 11.5 Å². The quantitative estimate of drug-likeness (QED) is 0.531. The molecular formula is C20H24ClN3O6. The van der Waals surface area contributed by atoms with Gasteiger partial charge >= 0.3 is 12.1 Å². The Morgan fingerprint density at radius 3 is 2.53 bits per heavy atom. The highest BCUT2D eigenvalue weighted by Gasteiger charge is 2.43. The minimum Gasteiger partial charge on any atom is -0.493 e. The lowest BCUT2D eigenvalue weighted by Gasteiger charge is -2.27. The van der Waals surface area contributed by atoms with E-state index < -0.39 is 29.8 Å². The predicted molar refractivity (Wildman–Crippen MR) is 109 cm³/mol. The highest BCUT2D eigenvalue weighted by Crippen LogP contribution is 2.36. The van der Waals surface area contributed by atoms with Crippen LogP contribution in [0.4, 0.5) is 4.79 Å². The molecule has 1 saturated heterocycles. The summed E-state index contributed by atoms with van der Waals surface area (Å²) in [5.74, 6) is 0.317. The van der Waals surface area contributed by atoms with Crippen LogP contribution in [0.25, 0.3) is 10.9 Å². The van der Waals surface area contributed by atoms with Crippen molar-refractivity contribution in [1.82, 2.24) is 14.9 Å². The van der Waals surface area contributed by atoms with E-state index in [9.17, 15) is 9.59 Å². The molecular weight excluding hydrogens is 414 g/mol. The van der Waals surface area contributed by atoms with Crippen LogP contribution in [0.2, 0.25) is 5.15 Å². The summed E-state index contributed by atoms with van der Waals surface area (Å²) in [6, 6.07) is 2.56. The molecule has 162 valence electrons. The average Bonchev–Trinajstić information content (AvgIpc) is 3.10. The van der Waals surface area contributed by atoms with Crippen molar-refractivity contribution in [1.29, 1.82) is 0 Å². The van der Waals surface area contributed by atoms with E-state index in [2.05, 4.69) is 9.97 Å². The molecule has 2 heterocycles. The summed E-state index contributed by atoms with van der Waals surface area (Å²) in [5.41, 5.74) is -0.0944. The first kappa shape index (κ1) is 21.9. The first-order chi connectivity index (χ1) is 14.1. The number of halogens is 1. The fourth-order valence-electron chi connectivity index (χ4n) is 3.23. The molecule has 3 rings (SSSR count). The maximum absolute atomic E-state index is 12.6. The Hall–Kier alpha value is -2.81. The standard InChI is InChI=1S/C20H24ClN3O6/c1-20(2,3)30-19(26)24-9-11(6-14(24)18(25)28-5)29-16-7-12-13(8-15(16)27-4)22-10-23-17(12)21/h7-8,10-11,14H,6,9H2,1-5H3/t11-,14-/m0/s1. The SMILES string of the molecule is COC(=O)[C@@H]1C[C@H](Oc2cc3c(Cl)ncnc3cc2OC)CN1C(=O)OC(C)(C)C. The number of ether oxygens (including phenoxy) is 4. The van der Waals surface area contributed by atoms with Gasteiger partial charge in [0.1, 0.15) is 29.2 Å². The Morgan fingerprint density at radius 1 is 1.17 bits per heavy atom. The van der Waals surface area contributed by atoms with Crippen LogP contribution in [0.15, 0.2) is 18.5 Å². The van der Waals surface area contributed by atoms with Gasteiger partial charge in [-0.1, -0.05) is 11.6 Å². The molecule has 1 aliphatic rings. The number of rotatable bonds is 4. The second kappa shape index (κ2) is 8.51. The molecule has 30 heavy (non-hydrogen) atoms. The Labute approximate surface area is 179 Å². The van der Waals surface area contributed by atoms with Crippen molar-refractivity contribution in [3.05, 3.63) is 23.6 Å². The summed E-state index contributed by atoms with van der Waals surface area (Å²) in [6.45, 7) is 5.42. The topological polar surface area (TPSA) is 100 Å². The maximum atomic E-state index is 12.6. The lowest BCUT2D eigenvalue weighted by molar-refractivity contribution is -0.145. The Morgan fingerprint density at radius 2 is 1.90 bits per heavy atom. The highest BCUT2D eigenvalue weighted by atomic mass is 35.5. The Kier molecular flexibility index (Phi) is 6.21. The van der Waals surface area contributed by atoms with Crippen LogP contribution >= 0.6 is 11.6 Å². The van der Waals surface area contributed by atoms with Gasteiger partial charge in [-0.05, 0) is 26.8 Å². The van der Waals surface area contributed by atoms with Crippen LogP contribution in [0, 0.1) is 0 Å². The van der Waals surface area contributed by atoms with Crippen LogP contribution < -0.4 is 9.47 Å². The molecule has 2 atom stereocenters. The van der Waals surface area contributed by atoms with Gasteiger partial charge in [0.2, 0.25) is 0 Å². The maximum Gasteiger partial charge on any atom is 0.411 e. The van der Waals surface area contributed by atoms with E-state index >= 15 is 0 Å². The number of fused-ring (bicyclic) bond motifs is 1. The third-order valence-electron chi connectivity index (χ3n) is 4.53. The summed E-state index contributed by atoms with van der Waals surface area (Å²) in [4.78, 5) is 34.3. The number of hydrogen-bond acceptors (Lipinski definition) is 8. The molecule has 1 fully saturated rings. The van der Waals surface area contributed by atoms with Gasteiger partial charge in [0, 0.05) is 17.9 Å². The largest absolute Gasteiger partial charge is 0.493 e. The molecule has 9 nitrogen and oxygen atoms in total. The van der Waals surface area contributed by atoms with Crippen molar-refractivity contribution in [3.8, 4) is 11.5 Å². The molecule has 1 aliphatic heterocycles. The number of nitrogens with zero attached hydrogens (tertiary/aromatic N) is 3. The minimum absolute atomic E-state index is 0.148. The van der Waals surface area contributed by atoms with Crippen molar-refractivity contribution in [2.75, 3.05) is 20.8 Å². The van der Waals surface area contributed by atoms with E-state index in [0.717, 1.165) is 0 Å². The van der Waals surface area contributed by atoms with Crippen molar-refractivity contribution in [3.63, 3.8) is 0 Å².